The summed E-state index contributed by atoms with van der Waals surface area (Å²) in [6, 6.07) is 3.73. The zero-order chi connectivity index (χ0) is 16.0. The highest BCUT2D eigenvalue weighted by molar-refractivity contribution is 5.81. The van der Waals surface area contributed by atoms with Crippen LogP contribution in [0.3, 0.4) is 0 Å². The number of amides is 1. The topological polar surface area (TPSA) is 98.5 Å². The molecule has 0 aliphatic rings. The molecular weight excluding hydrogens is 276 g/mol. The first-order valence-electron chi connectivity index (χ1n) is 6.59. The van der Waals surface area contributed by atoms with Crippen LogP contribution in [0.15, 0.2) is 18.2 Å². The standard InChI is InChI=1S/C14H18N2O5/c1-4-9(2)15-14(18)10(3)21-13-7-11(8-17)5-6-12(13)16(19)20/h5-10H,4H2,1-3H3,(H,15,18). The van der Waals surface area contributed by atoms with Crippen LogP contribution in [0.4, 0.5) is 5.69 Å². The zero-order valence-corrected chi connectivity index (χ0v) is 12.2. The number of benzene rings is 1. The molecule has 0 radical (unpaired) electrons. The molecule has 1 aromatic rings. The van der Waals surface area contributed by atoms with Gasteiger partial charge >= 0.3 is 5.69 Å². The van der Waals surface area contributed by atoms with E-state index in [1.165, 1.54) is 25.1 Å². The molecule has 0 aliphatic heterocycles. The maximum absolute atomic E-state index is 11.9. The molecule has 114 valence electrons. The molecule has 1 amide bonds. The fourth-order valence-electron chi connectivity index (χ4n) is 1.56. The summed E-state index contributed by atoms with van der Waals surface area (Å²) >= 11 is 0. The molecule has 0 heterocycles. The van der Waals surface area contributed by atoms with Crippen molar-refractivity contribution >= 4 is 17.9 Å². The lowest BCUT2D eigenvalue weighted by Crippen LogP contribution is -2.41. The van der Waals surface area contributed by atoms with Crippen LogP contribution in [-0.2, 0) is 4.79 Å². The van der Waals surface area contributed by atoms with Crippen LogP contribution in [0.5, 0.6) is 5.75 Å². The molecule has 0 spiro atoms. The van der Waals surface area contributed by atoms with Crippen molar-refractivity contribution in [2.24, 2.45) is 0 Å². The Kier molecular flexibility index (Phi) is 5.83. The first-order valence-corrected chi connectivity index (χ1v) is 6.59. The van der Waals surface area contributed by atoms with Gasteiger partial charge in [-0.1, -0.05) is 6.92 Å². The highest BCUT2D eigenvalue weighted by Gasteiger charge is 2.22. The van der Waals surface area contributed by atoms with E-state index in [-0.39, 0.29) is 28.9 Å². The van der Waals surface area contributed by atoms with Crippen molar-refractivity contribution in [3.63, 3.8) is 0 Å². The summed E-state index contributed by atoms with van der Waals surface area (Å²) < 4.78 is 5.34. The van der Waals surface area contributed by atoms with Gasteiger partial charge in [-0.3, -0.25) is 19.7 Å². The van der Waals surface area contributed by atoms with Crippen molar-refractivity contribution in [1.82, 2.24) is 5.32 Å². The van der Waals surface area contributed by atoms with E-state index in [4.69, 9.17) is 4.74 Å². The number of carbonyl (C=O) groups is 2. The van der Waals surface area contributed by atoms with Gasteiger partial charge in [-0.05, 0) is 32.4 Å². The fourth-order valence-corrected chi connectivity index (χ4v) is 1.56. The van der Waals surface area contributed by atoms with Gasteiger partial charge in [-0.2, -0.15) is 0 Å². The third kappa shape index (κ3) is 4.55. The second kappa shape index (κ2) is 7.37. The summed E-state index contributed by atoms with van der Waals surface area (Å²) in [5, 5.41) is 13.7. The zero-order valence-electron chi connectivity index (χ0n) is 12.2. The van der Waals surface area contributed by atoms with Crippen LogP contribution in [-0.4, -0.2) is 29.3 Å². The van der Waals surface area contributed by atoms with Gasteiger partial charge in [-0.25, -0.2) is 0 Å². The smallest absolute Gasteiger partial charge is 0.310 e. The fraction of sp³-hybridized carbons (Fsp3) is 0.429. The number of hydrogen-bond donors (Lipinski definition) is 1. The molecule has 1 N–H and O–H groups in total. The largest absolute Gasteiger partial charge is 0.474 e. The van der Waals surface area contributed by atoms with Crippen LogP contribution < -0.4 is 10.1 Å². The molecule has 21 heavy (non-hydrogen) atoms. The summed E-state index contributed by atoms with van der Waals surface area (Å²) in [7, 11) is 0. The maximum atomic E-state index is 11.9. The molecular formula is C14H18N2O5. The van der Waals surface area contributed by atoms with Gasteiger partial charge in [0.1, 0.15) is 6.29 Å². The van der Waals surface area contributed by atoms with E-state index in [1.54, 1.807) is 0 Å². The van der Waals surface area contributed by atoms with Gasteiger partial charge in [0.05, 0.1) is 4.92 Å². The van der Waals surface area contributed by atoms with Gasteiger partial charge < -0.3 is 10.1 Å². The summed E-state index contributed by atoms with van der Waals surface area (Å²) in [5.41, 5.74) is -0.0473. The first kappa shape index (κ1) is 16.6. The Morgan fingerprint density at radius 3 is 2.67 bits per heavy atom. The predicted molar refractivity (Wildman–Crippen MR) is 76.5 cm³/mol. The number of rotatable bonds is 7. The Morgan fingerprint density at radius 2 is 2.14 bits per heavy atom. The molecule has 0 bridgehead atoms. The summed E-state index contributed by atoms with van der Waals surface area (Å²) in [4.78, 5) is 32.9. The normalized spacial score (nSPS) is 13.1. The summed E-state index contributed by atoms with van der Waals surface area (Å²) in [6.45, 7) is 5.27. The van der Waals surface area contributed by atoms with Crippen molar-refractivity contribution in [2.45, 2.75) is 39.3 Å². The van der Waals surface area contributed by atoms with E-state index in [1.807, 2.05) is 13.8 Å². The Morgan fingerprint density at radius 1 is 1.48 bits per heavy atom. The Bertz CT molecular complexity index is 544. The van der Waals surface area contributed by atoms with E-state index in [0.29, 0.717) is 6.29 Å². The maximum Gasteiger partial charge on any atom is 0.310 e. The monoisotopic (exact) mass is 294 g/mol. The number of nitrogens with one attached hydrogen (secondary N) is 1. The SMILES string of the molecule is CCC(C)NC(=O)C(C)Oc1cc(C=O)ccc1[N+](=O)[O-]. The van der Waals surface area contributed by atoms with Crippen LogP contribution in [0, 0.1) is 10.1 Å². The number of carbonyl (C=O) groups excluding carboxylic acids is 2. The van der Waals surface area contributed by atoms with E-state index in [0.717, 1.165) is 6.42 Å². The van der Waals surface area contributed by atoms with Gasteiger partial charge in [0, 0.05) is 17.7 Å². The third-order valence-electron chi connectivity index (χ3n) is 2.99. The molecule has 2 atom stereocenters. The van der Waals surface area contributed by atoms with Crippen molar-refractivity contribution in [3.8, 4) is 5.75 Å². The highest BCUT2D eigenvalue weighted by atomic mass is 16.6. The second-order valence-corrected chi connectivity index (χ2v) is 4.68. The Labute approximate surface area is 122 Å². The van der Waals surface area contributed by atoms with Crippen LogP contribution in [0.2, 0.25) is 0 Å². The van der Waals surface area contributed by atoms with Crippen LogP contribution in [0.1, 0.15) is 37.6 Å². The van der Waals surface area contributed by atoms with Gasteiger partial charge in [0.25, 0.3) is 5.91 Å². The first-order chi connectivity index (χ1) is 9.88. The number of ether oxygens (including phenoxy) is 1. The Balaban J connectivity index is 2.92. The number of nitrogens with zero attached hydrogens (tertiary/aromatic N) is 1. The van der Waals surface area contributed by atoms with Gasteiger partial charge in [0.15, 0.2) is 11.9 Å². The quantitative estimate of drug-likeness (QED) is 0.471. The second-order valence-electron chi connectivity index (χ2n) is 4.68. The minimum atomic E-state index is -0.903. The van der Waals surface area contributed by atoms with Crippen LogP contribution in [0.25, 0.3) is 0 Å². The molecule has 1 rings (SSSR count). The number of hydrogen-bond acceptors (Lipinski definition) is 5. The minimum absolute atomic E-state index is 0.0140. The van der Waals surface area contributed by atoms with E-state index < -0.39 is 11.0 Å². The summed E-state index contributed by atoms with van der Waals surface area (Å²) in [6.07, 6.45) is 0.416. The number of aldehydes is 1. The van der Waals surface area contributed by atoms with E-state index in [9.17, 15) is 19.7 Å². The lowest BCUT2D eigenvalue weighted by molar-refractivity contribution is -0.386. The molecule has 0 fully saturated rings. The molecule has 2 unspecified atom stereocenters. The minimum Gasteiger partial charge on any atom is -0.474 e. The van der Waals surface area contributed by atoms with Gasteiger partial charge in [-0.15, -0.1) is 0 Å². The number of nitro groups is 1. The van der Waals surface area contributed by atoms with Crippen molar-refractivity contribution in [2.75, 3.05) is 0 Å². The van der Waals surface area contributed by atoms with Gasteiger partial charge in [0.2, 0.25) is 0 Å². The Hall–Kier alpha value is -2.44. The molecule has 0 aromatic heterocycles. The van der Waals surface area contributed by atoms with E-state index >= 15 is 0 Å². The molecule has 1 aromatic carbocycles. The average Bonchev–Trinajstić information content (AvgIpc) is 2.46. The lowest BCUT2D eigenvalue weighted by Gasteiger charge is -2.17. The average molecular weight is 294 g/mol. The molecule has 0 saturated heterocycles. The van der Waals surface area contributed by atoms with Crippen molar-refractivity contribution < 1.29 is 19.2 Å². The summed E-state index contributed by atoms with van der Waals surface area (Å²) in [5.74, 6) is -0.466. The third-order valence-corrected chi connectivity index (χ3v) is 2.99. The lowest BCUT2D eigenvalue weighted by atomic mass is 10.2. The van der Waals surface area contributed by atoms with Crippen molar-refractivity contribution in [3.05, 3.63) is 33.9 Å². The molecule has 0 aliphatic carbocycles. The molecule has 7 heteroatoms. The van der Waals surface area contributed by atoms with Crippen molar-refractivity contribution in [1.29, 1.82) is 0 Å². The van der Waals surface area contributed by atoms with Crippen LogP contribution >= 0.6 is 0 Å². The predicted octanol–water partition coefficient (Wildman–Crippen LogP) is 2.09. The highest BCUT2D eigenvalue weighted by Crippen LogP contribution is 2.28. The molecule has 0 saturated carbocycles. The number of nitro benzene ring substituents is 1. The van der Waals surface area contributed by atoms with E-state index in [2.05, 4.69) is 5.32 Å². The molecule has 7 nitrogen and oxygen atoms in total.